The zero-order chi connectivity index (χ0) is 11.8. The van der Waals surface area contributed by atoms with Crippen LogP contribution in [0.25, 0.3) is 0 Å². The van der Waals surface area contributed by atoms with Crippen molar-refractivity contribution in [3.05, 3.63) is 0 Å². The van der Waals surface area contributed by atoms with E-state index >= 15 is 0 Å². The minimum Gasteiger partial charge on any atom is -0.329 e. The van der Waals surface area contributed by atoms with E-state index in [9.17, 15) is 0 Å². The van der Waals surface area contributed by atoms with Gasteiger partial charge in [0.15, 0.2) is 0 Å². The fourth-order valence-corrected chi connectivity index (χ4v) is 2.99. The molecule has 2 atom stereocenters. The van der Waals surface area contributed by atoms with E-state index in [0.29, 0.717) is 6.04 Å². The molecule has 0 aromatic heterocycles. The van der Waals surface area contributed by atoms with Gasteiger partial charge in [0.05, 0.1) is 0 Å². The van der Waals surface area contributed by atoms with Crippen molar-refractivity contribution in [3.8, 4) is 0 Å². The molecule has 0 spiro atoms. The first-order chi connectivity index (χ1) is 7.79. The summed E-state index contributed by atoms with van der Waals surface area (Å²) in [6.07, 6.45) is 9.60. The Bertz CT molecular complexity index is 162. The molecule has 0 aromatic rings. The molecule has 1 heterocycles. The van der Waals surface area contributed by atoms with Crippen molar-refractivity contribution < 1.29 is 0 Å². The molecule has 0 radical (unpaired) electrons. The molecule has 0 saturated carbocycles. The molecule has 96 valence electrons. The summed E-state index contributed by atoms with van der Waals surface area (Å²) < 4.78 is 0. The molecule has 16 heavy (non-hydrogen) atoms. The fourth-order valence-electron chi connectivity index (χ4n) is 2.99. The van der Waals surface area contributed by atoms with E-state index in [2.05, 4.69) is 18.7 Å². The zero-order valence-corrected chi connectivity index (χ0v) is 11.3. The van der Waals surface area contributed by atoms with Crippen molar-refractivity contribution in [2.45, 2.75) is 64.8 Å². The van der Waals surface area contributed by atoms with Crippen LogP contribution in [0.5, 0.6) is 0 Å². The van der Waals surface area contributed by atoms with E-state index in [1.54, 1.807) is 0 Å². The Hall–Kier alpha value is -0.0800. The van der Waals surface area contributed by atoms with E-state index < -0.39 is 0 Å². The predicted molar refractivity (Wildman–Crippen MR) is 71.6 cm³/mol. The van der Waals surface area contributed by atoms with Crippen LogP contribution in [-0.4, -0.2) is 30.6 Å². The summed E-state index contributed by atoms with van der Waals surface area (Å²) in [5.74, 6) is 0.759. The number of nitrogens with two attached hydrogens (primary N) is 1. The molecular formula is C14H30N2. The van der Waals surface area contributed by atoms with Gasteiger partial charge in [-0.1, -0.05) is 39.5 Å². The third-order valence-electron chi connectivity index (χ3n) is 4.00. The highest BCUT2D eigenvalue weighted by Gasteiger charge is 2.22. The third-order valence-corrected chi connectivity index (χ3v) is 4.00. The molecular weight excluding hydrogens is 196 g/mol. The largest absolute Gasteiger partial charge is 0.329 e. The van der Waals surface area contributed by atoms with Gasteiger partial charge in [-0.05, 0) is 38.3 Å². The highest BCUT2D eigenvalue weighted by Crippen LogP contribution is 2.19. The van der Waals surface area contributed by atoms with E-state index in [4.69, 9.17) is 5.73 Å². The summed E-state index contributed by atoms with van der Waals surface area (Å²) in [6.45, 7) is 8.03. The van der Waals surface area contributed by atoms with Gasteiger partial charge in [0.1, 0.15) is 0 Å². The molecule has 0 bridgehead atoms. The highest BCUT2D eigenvalue weighted by molar-refractivity contribution is 4.78. The second-order valence-corrected chi connectivity index (χ2v) is 5.37. The first-order valence-corrected chi connectivity index (χ1v) is 7.23. The van der Waals surface area contributed by atoms with Crippen LogP contribution >= 0.6 is 0 Å². The average molecular weight is 226 g/mol. The number of hydrogen-bond acceptors (Lipinski definition) is 2. The van der Waals surface area contributed by atoms with Crippen LogP contribution in [0.2, 0.25) is 0 Å². The van der Waals surface area contributed by atoms with Gasteiger partial charge in [0.2, 0.25) is 0 Å². The predicted octanol–water partition coefficient (Wildman–Crippen LogP) is 3.02. The van der Waals surface area contributed by atoms with Crippen molar-refractivity contribution in [1.82, 2.24) is 4.90 Å². The monoisotopic (exact) mass is 226 g/mol. The first-order valence-electron chi connectivity index (χ1n) is 7.23. The Labute approximate surface area is 102 Å². The lowest BCUT2D eigenvalue weighted by molar-refractivity contribution is 0.135. The molecule has 2 heteroatoms. The number of rotatable bonds is 5. The van der Waals surface area contributed by atoms with Gasteiger partial charge in [-0.3, -0.25) is 4.90 Å². The van der Waals surface area contributed by atoms with Gasteiger partial charge in [-0.25, -0.2) is 0 Å². The van der Waals surface area contributed by atoms with Gasteiger partial charge < -0.3 is 5.73 Å². The summed E-state index contributed by atoms with van der Waals surface area (Å²) >= 11 is 0. The standard InChI is InChI=1S/C14H30N2/c1-3-9-13(2)14(12-15)16-10-7-5-4-6-8-11-16/h13-14H,3-12,15H2,1-2H3. The van der Waals surface area contributed by atoms with Crippen LogP contribution in [0.3, 0.4) is 0 Å². The van der Waals surface area contributed by atoms with Crippen LogP contribution in [0.1, 0.15) is 58.8 Å². The summed E-state index contributed by atoms with van der Waals surface area (Å²) in [7, 11) is 0. The average Bonchev–Trinajstić information content (AvgIpc) is 2.22. The van der Waals surface area contributed by atoms with Crippen LogP contribution in [0.15, 0.2) is 0 Å². The van der Waals surface area contributed by atoms with Crippen molar-refractivity contribution in [3.63, 3.8) is 0 Å². The Morgan fingerprint density at radius 3 is 2.12 bits per heavy atom. The van der Waals surface area contributed by atoms with Crippen LogP contribution in [-0.2, 0) is 0 Å². The van der Waals surface area contributed by atoms with Crippen molar-refractivity contribution >= 4 is 0 Å². The van der Waals surface area contributed by atoms with Crippen LogP contribution in [0.4, 0.5) is 0 Å². The smallest absolute Gasteiger partial charge is 0.0243 e. The molecule has 1 saturated heterocycles. The topological polar surface area (TPSA) is 29.3 Å². The second kappa shape index (κ2) is 8.08. The van der Waals surface area contributed by atoms with Gasteiger partial charge in [0, 0.05) is 12.6 Å². The Morgan fingerprint density at radius 1 is 1.06 bits per heavy atom. The maximum Gasteiger partial charge on any atom is 0.0243 e. The highest BCUT2D eigenvalue weighted by atomic mass is 15.2. The lowest BCUT2D eigenvalue weighted by Gasteiger charge is -2.36. The van der Waals surface area contributed by atoms with E-state index in [-0.39, 0.29) is 0 Å². The summed E-state index contributed by atoms with van der Waals surface area (Å²) in [6, 6.07) is 0.623. The molecule has 2 unspecified atom stereocenters. The summed E-state index contributed by atoms with van der Waals surface area (Å²) in [5.41, 5.74) is 5.98. The molecule has 0 amide bonds. The Kier molecular flexibility index (Phi) is 7.06. The fraction of sp³-hybridized carbons (Fsp3) is 1.00. The quantitative estimate of drug-likeness (QED) is 0.781. The van der Waals surface area contributed by atoms with E-state index in [1.165, 1.54) is 58.0 Å². The van der Waals surface area contributed by atoms with Gasteiger partial charge >= 0.3 is 0 Å². The maximum absolute atomic E-state index is 5.98. The molecule has 1 rings (SSSR count). The molecule has 2 N–H and O–H groups in total. The van der Waals surface area contributed by atoms with Crippen LogP contribution in [0, 0.1) is 5.92 Å². The van der Waals surface area contributed by atoms with Gasteiger partial charge in [-0.15, -0.1) is 0 Å². The van der Waals surface area contributed by atoms with E-state index in [0.717, 1.165) is 12.5 Å². The number of likely N-dealkylation sites (tertiary alicyclic amines) is 1. The van der Waals surface area contributed by atoms with Crippen molar-refractivity contribution in [2.75, 3.05) is 19.6 Å². The molecule has 0 aliphatic carbocycles. The Balaban J connectivity index is 2.47. The zero-order valence-electron chi connectivity index (χ0n) is 11.3. The number of nitrogens with zero attached hydrogens (tertiary/aromatic N) is 1. The molecule has 2 nitrogen and oxygen atoms in total. The minimum atomic E-state index is 0.623. The molecule has 1 aliphatic rings. The second-order valence-electron chi connectivity index (χ2n) is 5.37. The molecule has 1 aliphatic heterocycles. The molecule has 1 fully saturated rings. The lowest BCUT2D eigenvalue weighted by Crippen LogP contribution is -2.46. The van der Waals surface area contributed by atoms with Crippen molar-refractivity contribution in [2.24, 2.45) is 11.7 Å². The lowest BCUT2D eigenvalue weighted by atomic mass is 9.94. The number of hydrogen-bond donors (Lipinski definition) is 1. The summed E-state index contributed by atoms with van der Waals surface area (Å²) in [5, 5.41) is 0. The third kappa shape index (κ3) is 4.42. The summed E-state index contributed by atoms with van der Waals surface area (Å²) in [4.78, 5) is 2.67. The normalized spacial score (nSPS) is 23.4. The Morgan fingerprint density at radius 2 is 1.62 bits per heavy atom. The van der Waals surface area contributed by atoms with Gasteiger partial charge in [-0.2, -0.15) is 0 Å². The minimum absolute atomic E-state index is 0.623. The van der Waals surface area contributed by atoms with Crippen LogP contribution < -0.4 is 5.73 Å². The maximum atomic E-state index is 5.98. The first kappa shape index (κ1) is 14.0. The van der Waals surface area contributed by atoms with E-state index in [1.807, 2.05) is 0 Å². The SMILES string of the molecule is CCCC(C)C(CN)N1CCCCCCC1. The van der Waals surface area contributed by atoms with Crippen molar-refractivity contribution in [1.29, 1.82) is 0 Å². The van der Waals surface area contributed by atoms with Gasteiger partial charge in [0.25, 0.3) is 0 Å². The molecule has 0 aromatic carbocycles.